The van der Waals surface area contributed by atoms with Gasteiger partial charge in [0, 0.05) is 12.4 Å². The van der Waals surface area contributed by atoms with E-state index in [1.165, 1.54) is 0 Å². The molecule has 0 aliphatic carbocycles. The number of anilines is 1. The summed E-state index contributed by atoms with van der Waals surface area (Å²) in [5, 5.41) is 4.02. The van der Waals surface area contributed by atoms with E-state index in [9.17, 15) is 4.79 Å². The molecular weight excluding hydrogens is 238 g/mol. The fourth-order valence-electron chi connectivity index (χ4n) is 2.28. The van der Waals surface area contributed by atoms with Gasteiger partial charge in [-0.05, 0) is 17.7 Å². The number of para-hydroxylation sites is 1. The number of benzene rings is 2. The van der Waals surface area contributed by atoms with Gasteiger partial charge in [-0.1, -0.05) is 42.5 Å². The number of hydrogen-bond acceptors (Lipinski definition) is 3. The summed E-state index contributed by atoms with van der Waals surface area (Å²) in [5.74, 6) is 0. The summed E-state index contributed by atoms with van der Waals surface area (Å²) in [6.45, 7) is 0. The van der Waals surface area contributed by atoms with E-state index in [1.54, 1.807) is 6.07 Å². The van der Waals surface area contributed by atoms with Crippen LogP contribution in [-0.4, -0.2) is 7.05 Å². The van der Waals surface area contributed by atoms with Crippen molar-refractivity contribution in [3.8, 4) is 11.1 Å². The van der Waals surface area contributed by atoms with E-state index >= 15 is 0 Å². The molecule has 0 radical (unpaired) electrons. The van der Waals surface area contributed by atoms with Gasteiger partial charge in [0.05, 0.1) is 11.3 Å². The van der Waals surface area contributed by atoms with Crippen LogP contribution in [0.1, 0.15) is 0 Å². The molecule has 0 aliphatic heterocycles. The van der Waals surface area contributed by atoms with Crippen LogP contribution in [0.3, 0.4) is 0 Å². The Morgan fingerprint density at radius 1 is 0.947 bits per heavy atom. The van der Waals surface area contributed by atoms with Gasteiger partial charge in [-0.2, -0.15) is 0 Å². The molecule has 94 valence electrons. The van der Waals surface area contributed by atoms with E-state index in [4.69, 9.17) is 4.42 Å². The highest BCUT2D eigenvalue weighted by Gasteiger charge is 2.14. The molecular formula is C16H13NO2. The van der Waals surface area contributed by atoms with Gasteiger partial charge in [-0.25, -0.2) is 4.79 Å². The summed E-state index contributed by atoms with van der Waals surface area (Å²) in [5.41, 5.74) is 2.50. The summed E-state index contributed by atoms with van der Waals surface area (Å²) in [4.78, 5) is 12.2. The summed E-state index contributed by atoms with van der Waals surface area (Å²) >= 11 is 0. The van der Waals surface area contributed by atoms with Crippen LogP contribution in [0.4, 0.5) is 5.69 Å². The SMILES string of the molecule is CNc1c(-c2ccccc2)c(=O)oc2ccccc12. The summed E-state index contributed by atoms with van der Waals surface area (Å²) in [7, 11) is 1.81. The number of rotatable bonds is 2. The Hall–Kier alpha value is -2.55. The molecule has 19 heavy (non-hydrogen) atoms. The van der Waals surface area contributed by atoms with E-state index in [0.29, 0.717) is 11.1 Å². The predicted molar refractivity (Wildman–Crippen MR) is 77.5 cm³/mol. The second-order valence-corrected chi connectivity index (χ2v) is 4.25. The minimum Gasteiger partial charge on any atom is -0.422 e. The largest absolute Gasteiger partial charge is 0.422 e. The lowest BCUT2D eigenvalue weighted by Crippen LogP contribution is -2.07. The Balaban J connectivity index is 2.42. The molecule has 1 aromatic heterocycles. The number of fused-ring (bicyclic) bond motifs is 1. The van der Waals surface area contributed by atoms with Crippen molar-refractivity contribution in [2.75, 3.05) is 12.4 Å². The first-order chi connectivity index (χ1) is 9.31. The maximum Gasteiger partial charge on any atom is 0.346 e. The molecule has 3 nitrogen and oxygen atoms in total. The van der Waals surface area contributed by atoms with E-state index in [1.807, 2.05) is 55.6 Å². The van der Waals surface area contributed by atoms with Gasteiger partial charge in [0.15, 0.2) is 0 Å². The van der Waals surface area contributed by atoms with Crippen LogP contribution < -0.4 is 10.9 Å². The normalized spacial score (nSPS) is 10.6. The third kappa shape index (κ3) is 1.89. The van der Waals surface area contributed by atoms with Crippen LogP contribution in [-0.2, 0) is 0 Å². The molecule has 0 saturated heterocycles. The van der Waals surface area contributed by atoms with Crippen LogP contribution in [0.2, 0.25) is 0 Å². The molecule has 0 atom stereocenters. The van der Waals surface area contributed by atoms with Crippen molar-refractivity contribution < 1.29 is 4.42 Å². The second kappa shape index (κ2) is 4.61. The Kier molecular flexibility index (Phi) is 2.80. The lowest BCUT2D eigenvalue weighted by Gasteiger charge is -2.10. The highest BCUT2D eigenvalue weighted by molar-refractivity contribution is 5.97. The van der Waals surface area contributed by atoms with Gasteiger partial charge in [0.25, 0.3) is 0 Å². The van der Waals surface area contributed by atoms with Crippen molar-refractivity contribution in [3.05, 3.63) is 65.0 Å². The Morgan fingerprint density at radius 2 is 1.63 bits per heavy atom. The molecule has 0 bridgehead atoms. The van der Waals surface area contributed by atoms with Crippen molar-refractivity contribution in [1.29, 1.82) is 0 Å². The average Bonchev–Trinajstić information content (AvgIpc) is 2.46. The first kappa shape index (κ1) is 11.5. The van der Waals surface area contributed by atoms with Crippen LogP contribution in [0.15, 0.2) is 63.8 Å². The first-order valence-corrected chi connectivity index (χ1v) is 6.10. The standard InChI is InChI=1S/C16H13NO2/c1-17-15-12-9-5-6-10-13(12)19-16(18)14(15)11-7-3-2-4-8-11/h2-10,17H,1H3. The predicted octanol–water partition coefficient (Wildman–Crippen LogP) is 3.50. The summed E-state index contributed by atoms with van der Waals surface area (Å²) < 4.78 is 5.39. The lowest BCUT2D eigenvalue weighted by molar-refractivity contribution is 0.564. The molecule has 3 aromatic rings. The fraction of sp³-hybridized carbons (Fsp3) is 0.0625. The third-order valence-corrected chi connectivity index (χ3v) is 3.13. The first-order valence-electron chi connectivity index (χ1n) is 6.10. The molecule has 0 saturated carbocycles. The summed E-state index contributed by atoms with van der Waals surface area (Å²) in [6.07, 6.45) is 0. The molecule has 0 spiro atoms. The molecule has 0 aliphatic rings. The van der Waals surface area contributed by atoms with Gasteiger partial charge in [0.1, 0.15) is 5.58 Å². The zero-order chi connectivity index (χ0) is 13.2. The van der Waals surface area contributed by atoms with Gasteiger partial charge in [-0.3, -0.25) is 0 Å². The summed E-state index contributed by atoms with van der Waals surface area (Å²) in [6, 6.07) is 17.1. The van der Waals surface area contributed by atoms with Crippen molar-refractivity contribution >= 4 is 16.7 Å². The number of nitrogens with one attached hydrogen (secondary N) is 1. The van der Waals surface area contributed by atoms with Gasteiger partial charge < -0.3 is 9.73 Å². The van der Waals surface area contributed by atoms with Crippen LogP contribution in [0.25, 0.3) is 22.1 Å². The van der Waals surface area contributed by atoms with E-state index in [0.717, 1.165) is 16.6 Å². The van der Waals surface area contributed by atoms with Gasteiger partial charge in [0.2, 0.25) is 0 Å². The second-order valence-electron chi connectivity index (χ2n) is 4.25. The molecule has 1 heterocycles. The molecule has 1 N–H and O–H groups in total. The smallest absolute Gasteiger partial charge is 0.346 e. The zero-order valence-electron chi connectivity index (χ0n) is 10.5. The van der Waals surface area contributed by atoms with E-state index in [-0.39, 0.29) is 5.63 Å². The Bertz CT molecular complexity index is 776. The van der Waals surface area contributed by atoms with Crippen molar-refractivity contribution in [1.82, 2.24) is 0 Å². The molecule has 0 fully saturated rings. The molecule has 3 rings (SSSR count). The monoisotopic (exact) mass is 251 g/mol. The minimum absolute atomic E-state index is 0.325. The maximum atomic E-state index is 12.2. The van der Waals surface area contributed by atoms with Crippen molar-refractivity contribution in [2.45, 2.75) is 0 Å². The fourth-order valence-corrected chi connectivity index (χ4v) is 2.28. The Labute approximate surface area is 110 Å². The van der Waals surface area contributed by atoms with Crippen LogP contribution >= 0.6 is 0 Å². The third-order valence-electron chi connectivity index (χ3n) is 3.13. The Morgan fingerprint density at radius 3 is 2.37 bits per heavy atom. The van der Waals surface area contributed by atoms with Crippen LogP contribution in [0, 0.1) is 0 Å². The van der Waals surface area contributed by atoms with Crippen molar-refractivity contribution in [3.63, 3.8) is 0 Å². The quantitative estimate of drug-likeness (QED) is 0.709. The molecule has 3 heteroatoms. The maximum absolute atomic E-state index is 12.2. The lowest BCUT2D eigenvalue weighted by atomic mass is 10.0. The minimum atomic E-state index is -0.325. The van der Waals surface area contributed by atoms with Gasteiger partial charge >= 0.3 is 5.63 Å². The van der Waals surface area contributed by atoms with Crippen LogP contribution in [0.5, 0.6) is 0 Å². The topological polar surface area (TPSA) is 42.2 Å². The molecule has 0 amide bonds. The molecule has 2 aromatic carbocycles. The molecule has 0 unspecified atom stereocenters. The van der Waals surface area contributed by atoms with E-state index < -0.39 is 0 Å². The average molecular weight is 251 g/mol. The highest BCUT2D eigenvalue weighted by atomic mass is 16.4. The van der Waals surface area contributed by atoms with Crippen molar-refractivity contribution in [2.24, 2.45) is 0 Å². The number of hydrogen-bond donors (Lipinski definition) is 1. The van der Waals surface area contributed by atoms with E-state index in [2.05, 4.69) is 5.32 Å². The zero-order valence-corrected chi connectivity index (χ0v) is 10.5. The highest BCUT2D eigenvalue weighted by Crippen LogP contribution is 2.31. The van der Waals surface area contributed by atoms with Gasteiger partial charge in [-0.15, -0.1) is 0 Å².